The van der Waals surface area contributed by atoms with Gasteiger partial charge in [-0.25, -0.2) is 0 Å². The number of nitrogens with zero attached hydrogens (tertiary/aromatic N) is 2. The molecule has 0 aliphatic rings. The van der Waals surface area contributed by atoms with Gasteiger partial charge in [0.15, 0.2) is 0 Å². The van der Waals surface area contributed by atoms with E-state index >= 15 is 0 Å². The highest BCUT2D eigenvalue weighted by atomic mass is 16.5. The fourth-order valence-electron chi connectivity index (χ4n) is 3.03. The molecule has 0 saturated heterocycles. The summed E-state index contributed by atoms with van der Waals surface area (Å²) in [6.45, 7) is 2.88. The van der Waals surface area contributed by atoms with Crippen molar-refractivity contribution in [1.82, 2.24) is 9.97 Å². The van der Waals surface area contributed by atoms with E-state index in [1.54, 1.807) is 7.11 Å². The summed E-state index contributed by atoms with van der Waals surface area (Å²) in [6.07, 6.45) is 0. The number of para-hydroxylation sites is 2. The summed E-state index contributed by atoms with van der Waals surface area (Å²) < 4.78 is 16.6. The lowest BCUT2D eigenvalue weighted by Crippen LogP contribution is -2.08. The van der Waals surface area contributed by atoms with E-state index in [-0.39, 0.29) is 0 Å². The minimum Gasteiger partial charge on any atom is -0.461 e. The molecule has 6 nitrogen and oxygen atoms in total. The molecule has 0 aliphatic carbocycles. The maximum atomic E-state index is 5.97. The smallest absolute Gasteiger partial charge is 0.319 e. The van der Waals surface area contributed by atoms with Crippen LogP contribution in [0.2, 0.25) is 0 Å². The molecule has 0 amide bonds. The van der Waals surface area contributed by atoms with Crippen molar-refractivity contribution in [3.05, 3.63) is 78.4 Å². The molecule has 0 bridgehead atoms. The van der Waals surface area contributed by atoms with E-state index in [4.69, 9.17) is 14.2 Å². The second-order valence-electron chi connectivity index (χ2n) is 6.73. The Bertz CT molecular complexity index is 1130. The molecule has 3 aromatic carbocycles. The number of hydrogen-bond donors (Lipinski definition) is 1. The lowest BCUT2D eigenvalue weighted by Gasteiger charge is -2.13. The first-order valence-electron chi connectivity index (χ1n) is 9.72. The second kappa shape index (κ2) is 9.24. The number of benzene rings is 3. The molecule has 0 fully saturated rings. The van der Waals surface area contributed by atoms with Crippen LogP contribution in [0.15, 0.2) is 72.8 Å². The Hall–Kier alpha value is -3.64. The molecule has 1 N–H and O–H groups in total. The molecule has 4 rings (SSSR count). The summed E-state index contributed by atoms with van der Waals surface area (Å²) in [4.78, 5) is 9.04. The van der Waals surface area contributed by atoms with Gasteiger partial charge in [-0.15, -0.1) is 0 Å². The molecule has 4 aromatic rings. The van der Waals surface area contributed by atoms with Crippen molar-refractivity contribution in [1.29, 1.82) is 0 Å². The van der Waals surface area contributed by atoms with Gasteiger partial charge in [0.1, 0.15) is 23.9 Å². The highest BCUT2D eigenvalue weighted by molar-refractivity contribution is 5.91. The third-order valence-electron chi connectivity index (χ3n) is 4.51. The Morgan fingerprint density at radius 2 is 1.67 bits per heavy atom. The zero-order chi connectivity index (χ0) is 20.8. The van der Waals surface area contributed by atoms with Crippen LogP contribution in [0.4, 0.5) is 11.5 Å². The predicted molar refractivity (Wildman–Crippen MR) is 118 cm³/mol. The minimum atomic E-state index is 0.314. The first-order valence-corrected chi connectivity index (χ1v) is 9.72. The van der Waals surface area contributed by atoms with Crippen LogP contribution in [0, 0.1) is 6.92 Å². The van der Waals surface area contributed by atoms with E-state index < -0.39 is 0 Å². The standard InChI is InChI=1S/C24H23N3O3/c1-17-16-18(12-13-22(17)30-19-8-4-3-5-9-19)25-23-20-10-6-7-11-21(20)26-24(27-23)29-15-14-28-2/h3-13,16H,14-15H2,1-2H3,(H,25,26,27). The third kappa shape index (κ3) is 4.67. The van der Waals surface area contributed by atoms with Gasteiger partial charge < -0.3 is 19.5 Å². The number of hydrogen-bond acceptors (Lipinski definition) is 6. The minimum absolute atomic E-state index is 0.314. The summed E-state index contributed by atoms with van der Waals surface area (Å²) in [6, 6.07) is 23.8. The van der Waals surface area contributed by atoms with Gasteiger partial charge in [-0.1, -0.05) is 30.3 Å². The van der Waals surface area contributed by atoms with E-state index in [0.29, 0.717) is 25.0 Å². The van der Waals surface area contributed by atoms with Gasteiger partial charge in [0.25, 0.3) is 0 Å². The van der Waals surface area contributed by atoms with Gasteiger partial charge in [0.2, 0.25) is 0 Å². The Balaban J connectivity index is 1.59. The Labute approximate surface area is 175 Å². The molecule has 0 spiro atoms. The van der Waals surface area contributed by atoms with Gasteiger partial charge in [-0.2, -0.15) is 9.97 Å². The molecule has 0 atom stereocenters. The molecule has 152 valence electrons. The number of fused-ring (bicyclic) bond motifs is 1. The molecule has 0 aliphatic heterocycles. The quantitative estimate of drug-likeness (QED) is 0.393. The van der Waals surface area contributed by atoms with Crippen molar-refractivity contribution in [3.63, 3.8) is 0 Å². The molecule has 30 heavy (non-hydrogen) atoms. The van der Waals surface area contributed by atoms with Crippen LogP contribution in [0.25, 0.3) is 10.9 Å². The number of aromatic nitrogens is 2. The number of methoxy groups -OCH3 is 1. The molecular formula is C24H23N3O3. The van der Waals surface area contributed by atoms with Crippen molar-refractivity contribution in [2.24, 2.45) is 0 Å². The maximum absolute atomic E-state index is 5.97. The molecule has 6 heteroatoms. The Kier molecular flexibility index (Phi) is 6.06. The summed E-state index contributed by atoms with van der Waals surface area (Å²) in [5, 5.41) is 4.31. The first-order chi connectivity index (χ1) is 14.7. The lowest BCUT2D eigenvalue weighted by atomic mass is 10.2. The normalized spacial score (nSPS) is 10.7. The van der Waals surface area contributed by atoms with Gasteiger partial charge >= 0.3 is 6.01 Å². The molecule has 0 saturated carbocycles. The largest absolute Gasteiger partial charge is 0.461 e. The number of nitrogens with one attached hydrogen (secondary N) is 1. The summed E-state index contributed by atoms with van der Waals surface area (Å²) in [5.74, 6) is 2.30. The third-order valence-corrected chi connectivity index (χ3v) is 4.51. The van der Waals surface area contributed by atoms with Gasteiger partial charge in [-0.3, -0.25) is 0 Å². The van der Waals surface area contributed by atoms with E-state index in [1.807, 2.05) is 79.7 Å². The number of aryl methyl sites for hydroxylation is 1. The topological polar surface area (TPSA) is 65.5 Å². The molecule has 0 radical (unpaired) electrons. The maximum Gasteiger partial charge on any atom is 0.319 e. The molecule has 1 heterocycles. The van der Waals surface area contributed by atoms with E-state index in [0.717, 1.165) is 33.7 Å². The number of anilines is 2. The number of ether oxygens (including phenoxy) is 3. The molecule has 0 unspecified atom stereocenters. The zero-order valence-corrected chi connectivity index (χ0v) is 17.0. The van der Waals surface area contributed by atoms with Gasteiger partial charge in [0.05, 0.1) is 12.1 Å². The van der Waals surface area contributed by atoms with Crippen LogP contribution < -0.4 is 14.8 Å². The Morgan fingerprint density at radius 1 is 0.867 bits per heavy atom. The van der Waals surface area contributed by atoms with Crippen LogP contribution in [0.1, 0.15) is 5.56 Å². The second-order valence-corrected chi connectivity index (χ2v) is 6.73. The molecule has 1 aromatic heterocycles. The lowest BCUT2D eigenvalue weighted by molar-refractivity contribution is 0.141. The van der Waals surface area contributed by atoms with Crippen molar-refractivity contribution in [2.45, 2.75) is 6.92 Å². The van der Waals surface area contributed by atoms with Gasteiger partial charge in [-0.05, 0) is 55.0 Å². The van der Waals surface area contributed by atoms with E-state index in [2.05, 4.69) is 15.3 Å². The average Bonchev–Trinajstić information content (AvgIpc) is 2.77. The van der Waals surface area contributed by atoms with Crippen molar-refractivity contribution in [2.75, 3.05) is 25.6 Å². The van der Waals surface area contributed by atoms with Gasteiger partial charge in [0, 0.05) is 18.2 Å². The summed E-state index contributed by atoms with van der Waals surface area (Å²) in [7, 11) is 1.63. The van der Waals surface area contributed by atoms with Crippen molar-refractivity contribution in [3.8, 4) is 17.5 Å². The first kappa shape index (κ1) is 19.7. The molecular weight excluding hydrogens is 378 g/mol. The monoisotopic (exact) mass is 401 g/mol. The average molecular weight is 401 g/mol. The summed E-state index contributed by atoms with van der Waals surface area (Å²) >= 11 is 0. The fraction of sp³-hybridized carbons (Fsp3) is 0.167. The van der Waals surface area contributed by atoms with E-state index in [9.17, 15) is 0 Å². The van der Waals surface area contributed by atoms with E-state index in [1.165, 1.54) is 0 Å². The van der Waals surface area contributed by atoms with Crippen LogP contribution >= 0.6 is 0 Å². The van der Waals surface area contributed by atoms with Crippen LogP contribution in [-0.4, -0.2) is 30.3 Å². The Morgan fingerprint density at radius 3 is 2.47 bits per heavy atom. The van der Waals surface area contributed by atoms with Crippen LogP contribution in [0.5, 0.6) is 17.5 Å². The highest BCUT2D eigenvalue weighted by Crippen LogP contribution is 2.30. The fourth-order valence-corrected chi connectivity index (χ4v) is 3.03. The SMILES string of the molecule is COCCOc1nc(Nc2ccc(Oc3ccccc3)c(C)c2)c2ccccc2n1. The highest BCUT2D eigenvalue weighted by Gasteiger charge is 2.10. The van der Waals surface area contributed by atoms with Crippen molar-refractivity contribution >= 4 is 22.4 Å². The van der Waals surface area contributed by atoms with Crippen LogP contribution in [0.3, 0.4) is 0 Å². The number of rotatable bonds is 8. The summed E-state index contributed by atoms with van der Waals surface area (Å²) in [5.41, 5.74) is 2.72. The zero-order valence-electron chi connectivity index (χ0n) is 17.0. The van der Waals surface area contributed by atoms with Crippen molar-refractivity contribution < 1.29 is 14.2 Å². The van der Waals surface area contributed by atoms with Crippen LogP contribution in [-0.2, 0) is 4.74 Å². The predicted octanol–water partition coefficient (Wildman–Crippen LogP) is 5.50.